The Hall–Kier alpha value is -7.64. The van der Waals surface area contributed by atoms with Crippen LogP contribution in [0, 0.1) is 18.8 Å². The van der Waals surface area contributed by atoms with Crippen molar-refractivity contribution in [3.8, 4) is 42.5 Å². The van der Waals surface area contributed by atoms with Gasteiger partial charge in [0, 0.05) is 59.3 Å². The number of fused-ring (bicyclic) bond motifs is 14. The highest BCUT2D eigenvalue weighted by molar-refractivity contribution is 7.19. The number of ether oxygens (including phenoxy) is 1. The molecule has 6 amide bonds. The Labute approximate surface area is 492 Å². The van der Waals surface area contributed by atoms with Crippen LogP contribution in [0.5, 0.6) is 0 Å². The van der Waals surface area contributed by atoms with Gasteiger partial charge >= 0.3 is 5.97 Å². The number of aromatic nitrogens is 7. The number of aliphatic hydroxyl groups excluding tert-OH is 1. The Kier molecular flexibility index (Phi) is 18.8. The molecule has 0 radical (unpaired) electrons. The molecule has 8 heterocycles. The van der Waals surface area contributed by atoms with E-state index in [-0.39, 0.29) is 65.6 Å². The van der Waals surface area contributed by atoms with Crippen LogP contribution in [0.2, 0.25) is 0 Å². The van der Waals surface area contributed by atoms with Crippen molar-refractivity contribution < 1.29 is 48.5 Å². The molecule has 0 saturated heterocycles. The largest absolute Gasteiger partial charge is 0.481 e. The predicted molar refractivity (Wildman–Crippen MR) is 312 cm³/mol. The van der Waals surface area contributed by atoms with Gasteiger partial charge in [-0.2, -0.15) is 0 Å². The third-order valence-corrected chi connectivity index (χ3v) is 18.6. The Morgan fingerprint density at radius 1 is 0.744 bits per heavy atom. The molecule has 1 aliphatic heterocycles. The summed E-state index contributed by atoms with van der Waals surface area (Å²) >= 11 is 7.12. The number of anilines is 1. The normalized spacial score (nSPS) is 16.8. The number of pyridine rings is 1. The maximum atomic E-state index is 14.3. The maximum absolute atomic E-state index is 14.3. The molecule has 0 spiro atoms. The Balaban J connectivity index is 1.12. The lowest BCUT2D eigenvalue weighted by Gasteiger charge is -2.23. The zero-order valence-electron chi connectivity index (χ0n) is 44.6. The van der Waals surface area contributed by atoms with Gasteiger partial charge in [-0.3, -0.25) is 33.6 Å². The van der Waals surface area contributed by atoms with Crippen LogP contribution in [0.4, 0.5) is 5.82 Å². The molecule has 0 unspecified atom stereocenters. The molecule has 0 fully saturated rings. The molecule has 426 valence electrons. The van der Waals surface area contributed by atoms with Gasteiger partial charge in [0.2, 0.25) is 17.7 Å². The quantitative estimate of drug-likeness (QED) is 0.0547. The van der Waals surface area contributed by atoms with Gasteiger partial charge in [0.05, 0.1) is 52.8 Å². The fourth-order valence-corrected chi connectivity index (χ4v) is 14.0. The lowest BCUT2D eigenvalue weighted by Crippen LogP contribution is -2.40. The number of rotatable bonds is 13. The van der Waals surface area contributed by atoms with Crippen molar-refractivity contribution in [2.75, 3.05) is 26.0 Å². The van der Waals surface area contributed by atoms with E-state index in [0.717, 1.165) is 11.3 Å². The molecule has 5 atom stereocenters. The fourth-order valence-electron chi connectivity index (χ4n) is 8.36. The number of carboxylic acid groups (broad SMARTS) is 1. The first-order chi connectivity index (χ1) is 39.4. The van der Waals surface area contributed by atoms with Gasteiger partial charge in [0.15, 0.2) is 0 Å². The average Bonchev–Trinajstić information content (AvgIpc) is 4.33. The number of benzene rings is 1. The highest BCUT2D eigenvalue weighted by atomic mass is 32.1. The molecular formula is C53H53N13O10S6. The van der Waals surface area contributed by atoms with Gasteiger partial charge in [-0.25, -0.2) is 34.9 Å². The standard InChI is InChI=1S/C53H53N13O10S6/c1-23(2)38-53-66-41(33(82-53)19-76-6)46(74)55-18-36(68)63-42(43(71)26-10-8-7-9-11-26)52-60-31(21-78-52)49-56-17-32(81-49)40-27(13-14-28(57-40)50-62-34(22-79-50)61-44(72)24(3)12-15-37(69)70)48-59-30(20-77-48)45(73)58-29(16-35(67)54-5)51-65-39(25(4)80-51)47(75)64-38/h7-11,13-14,17,20-24,29,38,42-43,71H,12,15-16,18-19H2,1-6H3,(H,54,67)(H,55,74)(H,58,73)(H,61,72)(H,63,68)(H,64,75)(H,69,70)/t24-,29+,38+,42+,43+/m1/s1. The lowest BCUT2D eigenvalue weighted by atomic mass is 10.0. The topological polar surface area (TPSA) is 332 Å². The van der Waals surface area contributed by atoms with Crippen LogP contribution in [0.1, 0.15) is 126 Å². The number of thiazole rings is 6. The highest BCUT2D eigenvalue weighted by Crippen LogP contribution is 2.41. The van der Waals surface area contributed by atoms with Crippen LogP contribution >= 0.6 is 68.0 Å². The fraction of sp³-hybridized carbons (Fsp3) is 0.321. The zero-order chi connectivity index (χ0) is 58.4. The van der Waals surface area contributed by atoms with Crippen molar-refractivity contribution in [3.63, 3.8) is 0 Å². The summed E-state index contributed by atoms with van der Waals surface area (Å²) in [6.07, 6.45) is 0.0867. The van der Waals surface area contributed by atoms with Crippen molar-refractivity contribution in [2.45, 2.75) is 77.8 Å². The second-order valence-electron chi connectivity index (χ2n) is 19.0. The van der Waals surface area contributed by atoms with Crippen LogP contribution in [0.25, 0.3) is 42.5 Å². The molecular weight excluding hydrogens is 1170 g/mol. The zero-order valence-corrected chi connectivity index (χ0v) is 49.5. The van der Waals surface area contributed by atoms with Crippen LogP contribution in [-0.4, -0.2) is 107 Å². The van der Waals surface area contributed by atoms with Crippen LogP contribution in [0.15, 0.2) is 64.8 Å². The van der Waals surface area contributed by atoms with Crippen molar-refractivity contribution in [1.82, 2.24) is 61.5 Å². The van der Waals surface area contributed by atoms with E-state index in [1.54, 1.807) is 78.6 Å². The van der Waals surface area contributed by atoms with Gasteiger partial charge < -0.3 is 46.9 Å². The minimum atomic E-state index is -1.28. The number of methoxy groups -OCH3 is 1. The number of aliphatic carboxylic acids is 1. The number of aryl methyl sites for hydroxylation is 1. The SMILES string of the molecule is CNC(=O)C[C@@H]1NC(=O)c2csc(n2)-c2ccc(-c3nc(NC(=O)[C@H](C)CCC(=O)O)cs3)nc2-c2cnc(s2)-c2csc(n2)[C@H]([C@@H](O)c2ccccc2)NC(=O)CNC(=O)c2nc(sc2COC)[C@H](C(C)C)NC(=O)c2nc1sc2C. The van der Waals surface area contributed by atoms with Gasteiger partial charge in [0.1, 0.15) is 70.8 Å². The molecule has 1 aromatic carbocycles. The smallest absolute Gasteiger partial charge is 0.303 e. The van der Waals surface area contributed by atoms with Crippen molar-refractivity contribution in [2.24, 2.45) is 11.8 Å². The molecule has 0 aliphatic carbocycles. The third kappa shape index (κ3) is 13.6. The van der Waals surface area contributed by atoms with Gasteiger partial charge in [-0.05, 0) is 37.0 Å². The van der Waals surface area contributed by atoms with E-state index < -0.39 is 72.2 Å². The second-order valence-corrected chi connectivity index (χ2v) is 25.0. The van der Waals surface area contributed by atoms with Crippen LogP contribution in [0.3, 0.4) is 0 Å². The third-order valence-electron chi connectivity index (χ3n) is 12.7. The average molecular weight is 1220 g/mol. The molecule has 1 aliphatic rings. The number of amides is 6. The van der Waals surface area contributed by atoms with E-state index in [2.05, 4.69) is 46.9 Å². The Morgan fingerprint density at radius 2 is 1.50 bits per heavy atom. The monoisotopic (exact) mass is 1220 g/mol. The number of aliphatic hydroxyl groups is 1. The summed E-state index contributed by atoms with van der Waals surface area (Å²) in [5.41, 5.74) is 2.33. The van der Waals surface area contributed by atoms with E-state index >= 15 is 0 Å². The molecule has 8 N–H and O–H groups in total. The number of hydrogen-bond acceptors (Lipinski definition) is 22. The maximum Gasteiger partial charge on any atom is 0.303 e. The second kappa shape index (κ2) is 26.1. The summed E-state index contributed by atoms with van der Waals surface area (Å²) in [6.45, 7) is 6.58. The van der Waals surface area contributed by atoms with E-state index in [1.807, 2.05) is 13.8 Å². The number of carbonyl (C=O) groups excluding carboxylic acids is 6. The van der Waals surface area contributed by atoms with E-state index in [1.165, 1.54) is 70.8 Å². The van der Waals surface area contributed by atoms with Gasteiger partial charge in [-0.15, -0.1) is 68.0 Å². The lowest BCUT2D eigenvalue weighted by molar-refractivity contribution is -0.137. The highest BCUT2D eigenvalue weighted by Gasteiger charge is 2.33. The molecule has 7 aromatic heterocycles. The summed E-state index contributed by atoms with van der Waals surface area (Å²) in [6, 6.07) is 9.44. The van der Waals surface area contributed by atoms with E-state index in [4.69, 9.17) is 29.8 Å². The Morgan fingerprint density at radius 3 is 2.24 bits per heavy atom. The summed E-state index contributed by atoms with van der Waals surface area (Å²) < 4.78 is 5.44. The number of hydrogen-bond donors (Lipinski definition) is 8. The first kappa shape index (κ1) is 59.0. The molecule has 8 aromatic rings. The first-order valence-corrected chi connectivity index (χ1v) is 30.4. The van der Waals surface area contributed by atoms with E-state index in [0.29, 0.717) is 67.9 Å². The molecule has 29 heteroatoms. The molecule has 9 rings (SSSR count). The van der Waals surface area contributed by atoms with E-state index in [9.17, 15) is 38.7 Å². The first-order valence-electron chi connectivity index (χ1n) is 25.3. The summed E-state index contributed by atoms with van der Waals surface area (Å²) in [5, 5.41) is 45.1. The summed E-state index contributed by atoms with van der Waals surface area (Å²) in [4.78, 5) is 128. The minimum Gasteiger partial charge on any atom is -0.481 e. The van der Waals surface area contributed by atoms with Gasteiger partial charge in [-0.1, -0.05) is 51.1 Å². The number of carbonyl (C=O) groups is 7. The van der Waals surface area contributed by atoms with Crippen LogP contribution < -0.4 is 31.9 Å². The van der Waals surface area contributed by atoms with Gasteiger partial charge in [0.25, 0.3) is 17.7 Å². The van der Waals surface area contributed by atoms with Crippen molar-refractivity contribution in [3.05, 3.63) is 112 Å². The van der Waals surface area contributed by atoms with Crippen molar-refractivity contribution >= 4 is 115 Å². The number of nitrogens with zero attached hydrogens (tertiary/aromatic N) is 7. The molecule has 10 bridgehead atoms. The minimum absolute atomic E-state index is 0.00126. The summed E-state index contributed by atoms with van der Waals surface area (Å²) in [7, 11) is 2.93. The molecule has 82 heavy (non-hydrogen) atoms. The molecule has 0 saturated carbocycles. The number of nitrogens with one attached hydrogen (secondary N) is 6. The van der Waals surface area contributed by atoms with Crippen molar-refractivity contribution in [1.29, 1.82) is 0 Å². The number of carboxylic acids is 1. The molecule has 23 nitrogen and oxygen atoms in total. The summed E-state index contributed by atoms with van der Waals surface area (Å²) in [5.74, 6) is -4.88. The Bertz CT molecular complexity index is 3680. The van der Waals surface area contributed by atoms with Crippen LogP contribution in [-0.2, 0) is 30.5 Å². The predicted octanol–water partition coefficient (Wildman–Crippen LogP) is 7.75.